The van der Waals surface area contributed by atoms with Crippen molar-refractivity contribution in [3.05, 3.63) is 41.9 Å². The van der Waals surface area contributed by atoms with Crippen molar-refractivity contribution in [3.63, 3.8) is 0 Å². The second kappa shape index (κ2) is 9.07. The Labute approximate surface area is 165 Å². The molecule has 0 aliphatic heterocycles. The van der Waals surface area contributed by atoms with E-state index in [0.717, 1.165) is 6.20 Å². The topological polar surface area (TPSA) is 110 Å². The molecule has 0 aliphatic carbocycles. The summed E-state index contributed by atoms with van der Waals surface area (Å²) in [4.78, 5) is 19.0. The maximum absolute atomic E-state index is 13.0. The highest BCUT2D eigenvalue weighted by Gasteiger charge is 2.33. The van der Waals surface area contributed by atoms with Gasteiger partial charge in [0.25, 0.3) is 0 Å². The Morgan fingerprint density at radius 2 is 1.97 bits per heavy atom. The van der Waals surface area contributed by atoms with Crippen LogP contribution in [0.15, 0.2) is 35.5 Å². The minimum atomic E-state index is -4.71. The first-order valence-corrected chi connectivity index (χ1v) is 10.1. The van der Waals surface area contributed by atoms with Crippen LogP contribution in [0, 0.1) is 0 Å². The molecule has 1 amide bonds. The molecule has 2 aromatic rings. The van der Waals surface area contributed by atoms with Crippen LogP contribution in [0.5, 0.6) is 0 Å². The van der Waals surface area contributed by atoms with E-state index in [9.17, 15) is 26.4 Å². The fourth-order valence-corrected chi connectivity index (χ4v) is 3.30. The van der Waals surface area contributed by atoms with Gasteiger partial charge in [-0.2, -0.15) is 13.2 Å². The highest BCUT2D eigenvalue weighted by atomic mass is 32.2. The fourth-order valence-electron chi connectivity index (χ4n) is 2.28. The number of pyridine rings is 2. The van der Waals surface area contributed by atoms with Crippen LogP contribution in [0.2, 0.25) is 0 Å². The highest BCUT2D eigenvalue weighted by molar-refractivity contribution is 7.91. The normalized spacial score (nSPS) is 11.8. The number of halogens is 3. The Morgan fingerprint density at radius 1 is 1.24 bits per heavy atom. The van der Waals surface area contributed by atoms with E-state index in [4.69, 9.17) is 4.74 Å². The molecule has 0 spiro atoms. The molecule has 2 N–H and O–H groups in total. The van der Waals surface area contributed by atoms with Gasteiger partial charge in [0.15, 0.2) is 9.84 Å². The van der Waals surface area contributed by atoms with Crippen LogP contribution in [0.4, 0.5) is 29.5 Å². The van der Waals surface area contributed by atoms with Crippen molar-refractivity contribution >= 4 is 27.4 Å². The number of sulfone groups is 1. The molecule has 158 valence electrons. The van der Waals surface area contributed by atoms with E-state index in [2.05, 4.69) is 20.6 Å². The van der Waals surface area contributed by atoms with Crippen molar-refractivity contribution in [2.24, 2.45) is 0 Å². The van der Waals surface area contributed by atoms with Crippen molar-refractivity contribution in [2.45, 2.75) is 31.5 Å². The number of rotatable bonds is 7. The first kappa shape index (κ1) is 22.4. The van der Waals surface area contributed by atoms with Gasteiger partial charge in [-0.15, -0.1) is 0 Å². The molecule has 0 unspecified atom stereocenters. The third-order valence-corrected chi connectivity index (χ3v) is 5.48. The molecule has 0 saturated carbocycles. The number of hydrogen-bond donors (Lipinski definition) is 2. The van der Waals surface area contributed by atoms with Crippen LogP contribution >= 0.6 is 0 Å². The molecule has 8 nitrogen and oxygen atoms in total. The summed E-state index contributed by atoms with van der Waals surface area (Å²) in [7, 11) is -3.57. The predicted octanol–water partition coefficient (Wildman–Crippen LogP) is 3.47. The Bertz CT molecular complexity index is 981. The summed E-state index contributed by atoms with van der Waals surface area (Å²) in [6.07, 6.45) is -3.32. The number of aromatic nitrogens is 2. The average Bonchev–Trinajstić information content (AvgIpc) is 2.66. The van der Waals surface area contributed by atoms with Crippen LogP contribution in [-0.4, -0.2) is 36.8 Å². The van der Waals surface area contributed by atoms with Crippen LogP contribution in [0.1, 0.15) is 25.1 Å². The van der Waals surface area contributed by atoms with Crippen molar-refractivity contribution < 1.29 is 31.1 Å². The third kappa shape index (κ3) is 5.79. The number of nitrogens with zero attached hydrogens (tertiary/aromatic N) is 2. The third-order valence-electron chi connectivity index (χ3n) is 3.72. The van der Waals surface area contributed by atoms with Crippen molar-refractivity contribution in [3.8, 4) is 0 Å². The van der Waals surface area contributed by atoms with E-state index < -0.39 is 27.8 Å². The number of anilines is 2. The SMILES string of the molecule is CCOC(=O)Nc1cc(C(F)(F)F)ncc1CNc1ncccc1S(=O)(=O)CC. The molecule has 2 heterocycles. The quantitative estimate of drug-likeness (QED) is 0.689. The summed E-state index contributed by atoms with van der Waals surface area (Å²) in [5, 5.41) is 5.01. The van der Waals surface area contributed by atoms with Crippen molar-refractivity contribution in [2.75, 3.05) is 23.0 Å². The van der Waals surface area contributed by atoms with Gasteiger partial charge in [-0.3, -0.25) is 10.3 Å². The van der Waals surface area contributed by atoms with Crippen molar-refractivity contribution in [1.82, 2.24) is 9.97 Å². The van der Waals surface area contributed by atoms with Crippen LogP contribution < -0.4 is 10.6 Å². The standard InChI is InChI=1S/C17H19F3N4O4S/c1-3-28-16(25)24-12-8-14(17(18,19)20)22-9-11(12)10-23-15-13(6-5-7-21-15)29(26,27)4-2/h5-9H,3-4,10H2,1-2H3,(H,21,23)(H,22,24,25). The zero-order valence-corrected chi connectivity index (χ0v) is 16.4. The van der Waals surface area contributed by atoms with Gasteiger partial charge in [-0.25, -0.2) is 18.2 Å². The lowest BCUT2D eigenvalue weighted by molar-refractivity contribution is -0.141. The zero-order chi connectivity index (χ0) is 21.7. The molecule has 0 aliphatic rings. The summed E-state index contributed by atoms with van der Waals surface area (Å²) in [6.45, 7) is 2.92. The molecule has 2 rings (SSSR count). The smallest absolute Gasteiger partial charge is 0.433 e. The zero-order valence-electron chi connectivity index (χ0n) is 15.6. The molecular weight excluding hydrogens is 413 g/mol. The predicted molar refractivity (Wildman–Crippen MR) is 99.2 cm³/mol. The Morgan fingerprint density at radius 3 is 2.59 bits per heavy atom. The summed E-state index contributed by atoms with van der Waals surface area (Å²) < 4.78 is 67.9. The molecule has 2 aromatic heterocycles. The van der Waals surface area contributed by atoms with Crippen molar-refractivity contribution in [1.29, 1.82) is 0 Å². The lowest BCUT2D eigenvalue weighted by Gasteiger charge is -2.15. The average molecular weight is 432 g/mol. The van der Waals surface area contributed by atoms with E-state index >= 15 is 0 Å². The van der Waals surface area contributed by atoms with E-state index in [-0.39, 0.29) is 40.9 Å². The molecule has 0 fully saturated rings. The number of alkyl halides is 3. The number of ether oxygens (including phenoxy) is 1. The first-order chi connectivity index (χ1) is 13.6. The van der Waals surface area contributed by atoms with Gasteiger partial charge >= 0.3 is 12.3 Å². The second-order valence-corrected chi connectivity index (χ2v) is 7.92. The number of nitrogens with one attached hydrogen (secondary N) is 2. The molecule has 0 bridgehead atoms. The van der Waals surface area contributed by atoms with Gasteiger partial charge in [0, 0.05) is 24.5 Å². The largest absolute Gasteiger partial charge is 0.450 e. The maximum Gasteiger partial charge on any atom is 0.433 e. The summed E-state index contributed by atoms with van der Waals surface area (Å²) in [5.41, 5.74) is -1.19. The first-order valence-electron chi connectivity index (χ1n) is 8.50. The van der Waals surface area contributed by atoms with Gasteiger partial charge in [-0.05, 0) is 25.1 Å². The molecular formula is C17H19F3N4O4S. The molecule has 0 atom stereocenters. The van der Waals surface area contributed by atoms with E-state index in [1.54, 1.807) is 6.92 Å². The Hall–Kier alpha value is -2.89. The minimum absolute atomic E-state index is 0.0306. The summed E-state index contributed by atoms with van der Waals surface area (Å²) >= 11 is 0. The summed E-state index contributed by atoms with van der Waals surface area (Å²) in [6, 6.07) is 3.51. The monoisotopic (exact) mass is 432 g/mol. The van der Waals surface area contributed by atoms with Gasteiger partial charge in [0.05, 0.1) is 18.0 Å². The number of carbonyl (C=O) groups is 1. The fraction of sp³-hybridized carbons (Fsp3) is 0.353. The van der Waals surface area contributed by atoms with E-state index in [0.29, 0.717) is 6.07 Å². The molecule has 0 aromatic carbocycles. The van der Waals surface area contributed by atoms with Gasteiger partial charge in [0.2, 0.25) is 0 Å². The molecule has 12 heteroatoms. The lowest BCUT2D eigenvalue weighted by atomic mass is 10.2. The van der Waals surface area contributed by atoms with Gasteiger partial charge < -0.3 is 10.1 Å². The number of carbonyl (C=O) groups excluding carboxylic acids is 1. The molecule has 0 saturated heterocycles. The van der Waals surface area contributed by atoms with Gasteiger partial charge in [0.1, 0.15) is 16.4 Å². The lowest BCUT2D eigenvalue weighted by Crippen LogP contribution is -2.18. The van der Waals surface area contributed by atoms with Crippen LogP contribution in [0.3, 0.4) is 0 Å². The number of hydrogen-bond acceptors (Lipinski definition) is 7. The highest BCUT2D eigenvalue weighted by Crippen LogP contribution is 2.31. The Kier molecular flexibility index (Phi) is 7.01. The molecule has 29 heavy (non-hydrogen) atoms. The summed E-state index contributed by atoms with van der Waals surface area (Å²) in [5.74, 6) is -0.110. The minimum Gasteiger partial charge on any atom is -0.450 e. The second-order valence-electron chi connectivity index (χ2n) is 5.68. The van der Waals surface area contributed by atoms with E-state index in [1.165, 1.54) is 25.3 Å². The van der Waals surface area contributed by atoms with Crippen LogP contribution in [-0.2, 0) is 27.3 Å². The van der Waals surface area contributed by atoms with Gasteiger partial charge in [-0.1, -0.05) is 6.92 Å². The van der Waals surface area contributed by atoms with E-state index in [1.807, 2.05) is 0 Å². The number of amides is 1. The maximum atomic E-state index is 13.0. The molecule has 0 radical (unpaired) electrons. The Balaban J connectivity index is 2.34. The van der Waals surface area contributed by atoms with Crippen LogP contribution in [0.25, 0.3) is 0 Å².